The Morgan fingerprint density at radius 3 is 2.54 bits per heavy atom. The molecule has 0 radical (unpaired) electrons. The molecule has 1 aliphatic rings. The number of hydrogen-bond donors (Lipinski definition) is 0. The van der Waals surface area contributed by atoms with E-state index < -0.39 is 0 Å². The van der Waals surface area contributed by atoms with Crippen molar-refractivity contribution in [3.05, 3.63) is 59.9 Å². The average Bonchev–Trinajstić information content (AvgIpc) is 3.36. The van der Waals surface area contributed by atoms with Crippen LogP contribution < -0.4 is 9.64 Å². The molecule has 1 saturated heterocycles. The smallest absolute Gasteiger partial charge is 0.257 e. The van der Waals surface area contributed by atoms with Gasteiger partial charge in [0, 0.05) is 30.1 Å². The van der Waals surface area contributed by atoms with Gasteiger partial charge in [-0.2, -0.15) is 4.98 Å². The van der Waals surface area contributed by atoms with Gasteiger partial charge in [0.2, 0.25) is 5.91 Å². The summed E-state index contributed by atoms with van der Waals surface area (Å²) in [5.41, 5.74) is 3.00. The van der Waals surface area contributed by atoms with Gasteiger partial charge in [-0.1, -0.05) is 24.2 Å². The van der Waals surface area contributed by atoms with Crippen LogP contribution in [0.3, 0.4) is 0 Å². The van der Waals surface area contributed by atoms with E-state index in [-0.39, 0.29) is 11.8 Å². The molecule has 0 spiro atoms. The van der Waals surface area contributed by atoms with Crippen molar-refractivity contribution < 1.29 is 14.1 Å². The molecule has 1 fully saturated rings. The van der Waals surface area contributed by atoms with E-state index in [0.29, 0.717) is 31.3 Å². The van der Waals surface area contributed by atoms with Gasteiger partial charge in [0.1, 0.15) is 5.75 Å². The Morgan fingerprint density at radius 2 is 1.86 bits per heavy atom. The molecule has 0 aliphatic carbocycles. The molecule has 6 heteroatoms. The van der Waals surface area contributed by atoms with Crippen LogP contribution in [0, 0.1) is 0 Å². The molecule has 1 aliphatic heterocycles. The molecule has 1 atom stereocenters. The summed E-state index contributed by atoms with van der Waals surface area (Å²) in [4.78, 5) is 18.8. The molecule has 1 aromatic heterocycles. The second kappa shape index (κ2) is 7.84. The fourth-order valence-electron chi connectivity index (χ4n) is 3.42. The standard InChI is InChI=1S/C22H23N3O3/c1-3-15-5-9-18(10-6-15)25-14-17(13-20(25)26)21-23-22(28-24-21)16-7-11-19(12-8-16)27-4-2/h5-12,17H,3-4,13-14H2,1-2H3/t17-/m0/s1. The lowest BCUT2D eigenvalue weighted by Crippen LogP contribution is -2.24. The number of amides is 1. The van der Waals surface area contributed by atoms with Gasteiger partial charge >= 0.3 is 0 Å². The van der Waals surface area contributed by atoms with E-state index in [1.54, 1.807) is 4.90 Å². The molecule has 0 saturated carbocycles. The molecular weight excluding hydrogens is 354 g/mol. The second-order valence-corrected chi connectivity index (χ2v) is 6.84. The van der Waals surface area contributed by atoms with Crippen LogP contribution >= 0.6 is 0 Å². The molecule has 144 valence electrons. The Labute approximate surface area is 164 Å². The Kier molecular flexibility index (Phi) is 5.10. The van der Waals surface area contributed by atoms with Gasteiger partial charge in [-0.3, -0.25) is 4.79 Å². The topological polar surface area (TPSA) is 68.5 Å². The molecule has 6 nitrogen and oxygen atoms in total. The highest BCUT2D eigenvalue weighted by Gasteiger charge is 2.34. The van der Waals surface area contributed by atoms with E-state index in [9.17, 15) is 4.79 Å². The van der Waals surface area contributed by atoms with E-state index in [1.807, 2.05) is 43.3 Å². The minimum Gasteiger partial charge on any atom is -0.494 e. The van der Waals surface area contributed by atoms with Crippen molar-refractivity contribution in [3.8, 4) is 17.2 Å². The first-order chi connectivity index (χ1) is 13.7. The maximum absolute atomic E-state index is 12.5. The lowest BCUT2D eigenvalue weighted by molar-refractivity contribution is -0.117. The lowest BCUT2D eigenvalue weighted by Gasteiger charge is -2.16. The molecule has 2 heterocycles. The molecule has 0 N–H and O–H groups in total. The molecule has 0 unspecified atom stereocenters. The average molecular weight is 377 g/mol. The summed E-state index contributed by atoms with van der Waals surface area (Å²) in [6.45, 7) is 5.25. The van der Waals surface area contributed by atoms with Gasteiger partial charge < -0.3 is 14.2 Å². The third-order valence-corrected chi connectivity index (χ3v) is 5.00. The number of rotatable bonds is 6. The molecule has 28 heavy (non-hydrogen) atoms. The Bertz CT molecular complexity index is 948. The van der Waals surface area contributed by atoms with Gasteiger partial charge in [0.15, 0.2) is 5.82 Å². The van der Waals surface area contributed by atoms with Crippen LogP contribution in [0.1, 0.15) is 37.6 Å². The minimum atomic E-state index is -0.0708. The largest absolute Gasteiger partial charge is 0.494 e. The van der Waals surface area contributed by atoms with E-state index in [1.165, 1.54) is 5.56 Å². The molecule has 1 amide bonds. The third-order valence-electron chi connectivity index (χ3n) is 5.00. The number of carbonyl (C=O) groups excluding carboxylic acids is 1. The lowest BCUT2D eigenvalue weighted by atomic mass is 10.1. The van der Waals surface area contributed by atoms with E-state index in [2.05, 4.69) is 29.2 Å². The highest BCUT2D eigenvalue weighted by molar-refractivity contribution is 5.96. The molecular formula is C22H23N3O3. The number of nitrogens with zero attached hydrogens (tertiary/aromatic N) is 3. The number of ether oxygens (including phenoxy) is 1. The van der Waals surface area contributed by atoms with Crippen LogP contribution in [-0.4, -0.2) is 29.2 Å². The maximum atomic E-state index is 12.5. The van der Waals surface area contributed by atoms with Crippen LogP contribution in [0.5, 0.6) is 5.75 Å². The number of carbonyl (C=O) groups is 1. The van der Waals surface area contributed by atoms with Gasteiger partial charge in [-0.15, -0.1) is 0 Å². The number of benzene rings is 2. The molecule has 2 aromatic carbocycles. The predicted molar refractivity (Wildman–Crippen MR) is 106 cm³/mol. The molecule has 0 bridgehead atoms. The fourth-order valence-corrected chi connectivity index (χ4v) is 3.42. The third kappa shape index (κ3) is 3.63. The SMILES string of the molecule is CCOc1ccc(-c2nc([C@H]3CC(=O)N(c4ccc(CC)cc4)C3)no2)cc1. The van der Waals surface area contributed by atoms with Crippen LogP contribution in [0.15, 0.2) is 53.1 Å². The zero-order chi connectivity index (χ0) is 19.5. The van der Waals surface area contributed by atoms with Crippen LogP contribution in [0.25, 0.3) is 11.5 Å². The van der Waals surface area contributed by atoms with Crippen LogP contribution in [-0.2, 0) is 11.2 Å². The number of hydrogen-bond acceptors (Lipinski definition) is 5. The number of aryl methyl sites for hydroxylation is 1. The monoisotopic (exact) mass is 377 g/mol. The zero-order valence-electron chi connectivity index (χ0n) is 16.1. The van der Waals surface area contributed by atoms with Crippen molar-refractivity contribution in [2.24, 2.45) is 0 Å². The first kappa shape index (κ1) is 18.2. The number of aromatic nitrogens is 2. The molecule has 4 rings (SSSR count). The first-order valence-electron chi connectivity index (χ1n) is 9.64. The van der Waals surface area contributed by atoms with Crippen LogP contribution in [0.4, 0.5) is 5.69 Å². The van der Waals surface area contributed by atoms with Crippen molar-refractivity contribution in [3.63, 3.8) is 0 Å². The highest BCUT2D eigenvalue weighted by Crippen LogP contribution is 2.32. The normalized spacial score (nSPS) is 16.6. The molecule has 3 aromatic rings. The van der Waals surface area contributed by atoms with Gasteiger partial charge in [-0.05, 0) is 55.3 Å². The quantitative estimate of drug-likeness (QED) is 0.643. The summed E-state index contributed by atoms with van der Waals surface area (Å²) in [5, 5.41) is 4.13. The second-order valence-electron chi connectivity index (χ2n) is 6.84. The maximum Gasteiger partial charge on any atom is 0.257 e. The summed E-state index contributed by atoms with van der Waals surface area (Å²) < 4.78 is 10.9. The van der Waals surface area contributed by atoms with Crippen LogP contribution in [0.2, 0.25) is 0 Å². The van der Waals surface area contributed by atoms with Gasteiger partial charge in [0.05, 0.1) is 6.61 Å². The predicted octanol–water partition coefficient (Wildman–Crippen LogP) is 4.22. The summed E-state index contributed by atoms with van der Waals surface area (Å²) in [6, 6.07) is 15.7. The van der Waals surface area contributed by atoms with Gasteiger partial charge in [0.25, 0.3) is 5.89 Å². The van der Waals surface area contributed by atoms with Gasteiger partial charge in [-0.25, -0.2) is 0 Å². The number of anilines is 1. The van der Waals surface area contributed by atoms with E-state index >= 15 is 0 Å². The zero-order valence-corrected chi connectivity index (χ0v) is 16.1. The van der Waals surface area contributed by atoms with Crippen molar-refractivity contribution in [2.45, 2.75) is 32.6 Å². The Morgan fingerprint density at radius 1 is 1.11 bits per heavy atom. The Hall–Kier alpha value is -3.15. The minimum absolute atomic E-state index is 0.0708. The summed E-state index contributed by atoms with van der Waals surface area (Å²) in [6.07, 6.45) is 1.37. The van der Waals surface area contributed by atoms with E-state index in [4.69, 9.17) is 9.26 Å². The Balaban J connectivity index is 1.48. The van der Waals surface area contributed by atoms with E-state index in [0.717, 1.165) is 23.4 Å². The highest BCUT2D eigenvalue weighted by atomic mass is 16.5. The van der Waals surface area contributed by atoms with Crippen molar-refractivity contribution >= 4 is 11.6 Å². The van der Waals surface area contributed by atoms with Crippen molar-refractivity contribution in [2.75, 3.05) is 18.1 Å². The summed E-state index contributed by atoms with van der Waals surface area (Å²) >= 11 is 0. The summed E-state index contributed by atoms with van der Waals surface area (Å²) in [7, 11) is 0. The summed E-state index contributed by atoms with van der Waals surface area (Å²) in [5.74, 6) is 1.85. The first-order valence-corrected chi connectivity index (χ1v) is 9.64. The van der Waals surface area contributed by atoms with Crippen molar-refractivity contribution in [1.82, 2.24) is 10.1 Å². The fraction of sp³-hybridized carbons (Fsp3) is 0.318. The van der Waals surface area contributed by atoms with Crippen molar-refractivity contribution in [1.29, 1.82) is 0 Å².